The molecule has 1 fully saturated rings. The molecule has 56 heavy (non-hydrogen) atoms. The van der Waals surface area contributed by atoms with Gasteiger partial charge < -0.3 is 40.3 Å². The molecule has 0 aromatic carbocycles. The first kappa shape index (κ1) is 53.2. The molecule has 334 valence electrons. The summed E-state index contributed by atoms with van der Waals surface area (Å²) in [5.41, 5.74) is 0. The van der Waals surface area contributed by atoms with Crippen LogP contribution in [0.15, 0.2) is 0 Å². The third kappa shape index (κ3) is 28.6. The van der Waals surface area contributed by atoms with Crippen LogP contribution in [-0.4, -0.2) is 87.5 Å². The number of aliphatic hydroxyl groups is 5. The zero-order chi connectivity index (χ0) is 40.9. The van der Waals surface area contributed by atoms with Crippen molar-refractivity contribution in [1.29, 1.82) is 0 Å². The van der Waals surface area contributed by atoms with Crippen molar-refractivity contribution >= 4 is 5.91 Å². The topological polar surface area (TPSA) is 149 Å². The summed E-state index contributed by atoms with van der Waals surface area (Å²) in [5, 5.41) is 54.4. The minimum Gasteiger partial charge on any atom is -0.394 e. The number of rotatable bonds is 41. The molecule has 0 aliphatic carbocycles. The fourth-order valence-corrected chi connectivity index (χ4v) is 8.04. The van der Waals surface area contributed by atoms with Gasteiger partial charge in [-0.1, -0.05) is 219 Å². The standard InChI is InChI=1S/C47H93NO8/c1-3-5-7-9-11-13-15-17-19-20-21-22-23-24-26-28-30-32-34-36-41(50)40(39-55-47-46(54)45(53)44(52)42(38-49)56-47)48-43(51)37-35-33-31-29-27-25-18-16-14-12-10-8-6-4-2/h40-42,44-47,49-50,52-54H,3-39H2,1-2H3,(H,48,51). The molecule has 9 heteroatoms. The second kappa shape index (κ2) is 38.4. The summed E-state index contributed by atoms with van der Waals surface area (Å²) in [7, 11) is 0. The average Bonchev–Trinajstić information content (AvgIpc) is 3.20. The largest absolute Gasteiger partial charge is 0.394 e. The van der Waals surface area contributed by atoms with E-state index in [4.69, 9.17) is 9.47 Å². The number of hydrogen-bond acceptors (Lipinski definition) is 8. The van der Waals surface area contributed by atoms with E-state index in [0.717, 1.165) is 38.5 Å². The SMILES string of the molecule is CCCCCCCCCCCCCCCCCCCCCC(O)C(COC1OC(CO)C(O)C(O)C1O)NC(=O)CCCCCCCCCCCCCCCC. The zero-order valence-electron chi connectivity index (χ0n) is 36.7. The first-order chi connectivity index (χ1) is 27.3. The highest BCUT2D eigenvalue weighted by molar-refractivity contribution is 5.76. The van der Waals surface area contributed by atoms with Gasteiger partial charge in [0.2, 0.25) is 5.91 Å². The molecule has 1 rings (SSSR count). The fourth-order valence-electron chi connectivity index (χ4n) is 8.04. The molecule has 1 amide bonds. The number of unbranched alkanes of at least 4 members (excludes halogenated alkanes) is 31. The van der Waals surface area contributed by atoms with Crippen LogP contribution < -0.4 is 5.32 Å². The van der Waals surface area contributed by atoms with Gasteiger partial charge in [-0.3, -0.25) is 4.79 Å². The molecule has 7 unspecified atom stereocenters. The molecule has 0 radical (unpaired) electrons. The second-order valence-corrected chi connectivity index (χ2v) is 17.3. The van der Waals surface area contributed by atoms with E-state index in [2.05, 4.69) is 19.2 Å². The molecule has 0 saturated carbocycles. The summed E-state index contributed by atoms with van der Waals surface area (Å²) < 4.78 is 11.3. The van der Waals surface area contributed by atoms with E-state index in [1.807, 2.05) is 0 Å². The quantitative estimate of drug-likeness (QED) is 0.0335. The molecule has 1 saturated heterocycles. The van der Waals surface area contributed by atoms with E-state index in [1.54, 1.807) is 0 Å². The van der Waals surface area contributed by atoms with Crippen molar-refractivity contribution in [2.24, 2.45) is 0 Å². The highest BCUT2D eigenvalue weighted by Gasteiger charge is 2.44. The highest BCUT2D eigenvalue weighted by atomic mass is 16.7. The van der Waals surface area contributed by atoms with Gasteiger partial charge >= 0.3 is 0 Å². The normalized spacial score (nSPS) is 21.0. The Kier molecular flexibility index (Phi) is 36.5. The lowest BCUT2D eigenvalue weighted by Crippen LogP contribution is -2.60. The van der Waals surface area contributed by atoms with Crippen LogP contribution in [0.3, 0.4) is 0 Å². The predicted molar refractivity (Wildman–Crippen MR) is 231 cm³/mol. The van der Waals surface area contributed by atoms with Crippen molar-refractivity contribution in [3.8, 4) is 0 Å². The molecule has 1 aliphatic heterocycles. The minimum atomic E-state index is -1.55. The van der Waals surface area contributed by atoms with E-state index in [1.165, 1.54) is 173 Å². The van der Waals surface area contributed by atoms with Crippen molar-refractivity contribution in [3.05, 3.63) is 0 Å². The number of carbonyl (C=O) groups is 1. The number of nitrogens with one attached hydrogen (secondary N) is 1. The molecule has 1 aliphatic rings. The number of hydrogen-bond donors (Lipinski definition) is 6. The van der Waals surface area contributed by atoms with Gasteiger partial charge in [0.15, 0.2) is 6.29 Å². The van der Waals surface area contributed by atoms with Gasteiger partial charge in [0.25, 0.3) is 0 Å². The van der Waals surface area contributed by atoms with Gasteiger partial charge in [0, 0.05) is 6.42 Å². The third-order valence-corrected chi connectivity index (χ3v) is 12.0. The van der Waals surface area contributed by atoms with E-state index < -0.39 is 49.5 Å². The summed E-state index contributed by atoms with van der Waals surface area (Å²) in [6.45, 7) is 3.86. The van der Waals surface area contributed by atoms with Crippen LogP contribution in [0.4, 0.5) is 0 Å². The van der Waals surface area contributed by atoms with Crippen molar-refractivity contribution < 1.29 is 39.8 Å². The molecule has 0 bridgehead atoms. The molecule has 0 spiro atoms. The Morgan fingerprint density at radius 2 is 0.893 bits per heavy atom. The van der Waals surface area contributed by atoms with Gasteiger partial charge in [-0.2, -0.15) is 0 Å². The zero-order valence-corrected chi connectivity index (χ0v) is 36.7. The van der Waals surface area contributed by atoms with Crippen molar-refractivity contribution in [2.75, 3.05) is 13.2 Å². The molecule has 9 nitrogen and oxygen atoms in total. The van der Waals surface area contributed by atoms with Crippen LogP contribution in [0, 0.1) is 0 Å². The van der Waals surface area contributed by atoms with Crippen LogP contribution in [-0.2, 0) is 14.3 Å². The van der Waals surface area contributed by atoms with Gasteiger partial charge in [-0.05, 0) is 12.8 Å². The Morgan fingerprint density at radius 3 is 1.27 bits per heavy atom. The Bertz CT molecular complexity index is 847. The van der Waals surface area contributed by atoms with Gasteiger partial charge in [0.1, 0.15) is 24.4 Å². The summed E-state index contributed by atoms with van der Waals surface area (Å²) in [4.78, 5) is 13.0. The van der Waals surface area contributed by atoms with E-state index in [-0.39, 0.29) is 12.5 Å². The van der Waals surface area contributed by atoms with Crippen molar-refractivity contribution in [2.45, 2.75) is 281 Å². The van der Waals surface area contributed by atoms with E-state index >= 15 is 0 Å². The lowest BCUT2D eigenvalue weighted by atomic mass is 9.99. The summed E-state index contributed by atoms with van der Waals surface area (Å²) in [6, 6.07) is -0.711. The Hall–Kier alpha value is -0.810. The maximum absolute atomic E-state index is 13.0. The maximum atomic E-state index is 13.0. The highest BCUT2D eigenvalue weighted by Crippen LogP contribution is 2.23. The van der Waals surface area contributed by atoms with Crippen LogP contribution in [0.1, 0.15) is 239 Å². The number of carbonyl (C=O) groups excluding carboxylic acids is 1. The summed E-state index contributed by atoms with van der Waals surface area (Å²) in [5.74, 6) is -0.140. The lowest BCUT2D eigenvalue weighted by molar-refractivity contribution is -0.302. The van der Waals surface area contributed by atoms with Gasteiger partial charge in [0.05, 0.1) is 25.4 Å². The molecular formula is C47H93NO8. The predicted octanol–water partition coefficient (Wildman–Crippen LogP) is 10.3. The van der Waals surface area contributed by atoms with Crippen LogP contribution in [0.5, 0.6) is 0 Å². The molecule has 1 heterocycles. The summed E-state index contributed by atoms with van der Waals surface area (Å²) in [6.07, 6.45) is 35.4. The van der Waals surface area contributed by atoms with Gasteiger partial charge in [-0.25, -0.2) is 0 Å². The average molecular weight is 800 g/mol. The molecule has 7 atom stereocenters. The van der Waals surface area contributed by atoms with Crippen LogP contribution in [0.2, 0.25) is 0 Å². The first-order valence-electron chi connectivity index (χ1n) is 24.2. The molecule has 0 aromatic rings. The van der Waals surface area contributed by atoms with E-state index in [0.29, 0.717) is 12.8 Å². The first-order valence-corrected chi connectivity index (χ1v) is 24.2. The number of amides is 1. The van der Waals surface area contributed by atoms with Crippen molar-refractivity contribution in [1.82, 2.24) is 5.32 Å². The Balaban J connectivity index is 2.28. The van der Waals surface area contributed by atoms with Gasteiger partial charge in [-0.15, -0.1) is 0 Å². The summed E-state index contributed by atoms with van der Waals surface area (Å²) >= 11 is 0. The van der Waals surface area contributed by atoms with Crippen LogP contribution in [0.25, 0.3) is 0 Å². The van der Waals surface area contributed by atoms with E-state index in [9.17, 15) is 30.3 Å². The van der Waals surface area contributed by atoms with Crippen LogP contribution >= 0.6 is 0 Å². The number of aliphatic hydroxyl groups excluding tert-OH is 5. The Morgan fingerprint density at radius 1 is 0.536 bits per heavy atom. The second-order valence-electron chi connectivity index (χ2n) is 17.3. The third-order valence-electron chi connectivity index (χ3n) is 12.0. The molecule has 0 aromatic heterocycles. The lowest BCUT2D eigenvalue weighted by Gasteiger charge is -2.40. The number of ether oxygens (including phenoxy) is 2. The fraction of sp³-hybridized carbons (Fsp3) is 0.979. The van der Waals surface area contributed by atoms with Crippen molar-refractivity contribution in [3.63, 3.8) is 0 Å². The minimum absolute atomic E-state index is 0.131. The molecule has 6 N–H and O–H groups in total. The Labute approximate surface area is 344 Å². The maximum Gasteiger partial charge on any atom is 0.220 e. The smallest absolute Gasteiger partial charge is 0.220 e. The monoisotopic (exact) mass is 800 g/mol. The molecular weight excluding hydrogens is 707 g/mol.